The van der Waals surface area contributed by atoms with E-state index in [1.54, 1.807) is 22.6 Å². The first kappa shape index (κ1) is 14.4. The molecule has 1 aromatic heterocycles. The minimum absolute atomic E-state index is 0.00139. The smallest absolute Gasteiger partial charge is 0.401 e. The number of nitro groups is 1. The molecule has 0 spiro atoms. The van der Waals surface area contributed by atoms with Gasteiger partial charge in [0.05, 0.1) is 9.13 Å². The van der Waals surface area contributed by atoms with Crippen LogP contribution in [0.4, 0.5) is 19.0 Å². The second-order valence-corrected chi connectivity index (χ2v) is 4.32. The zero-order valence-electron chi connectivity index (χ0n) is 7.79. The Morgan fingerprint density at radius 2 is 2.18 bits per heavy atom. The van der Waals surface area contributed by atoms with Crippen LogP contribution >= 0.6 is 38.5 Å². The Balaban J connectivity index is 3.25. The van der Waals surface area contributed by atoms with Crippen molar-refractivity contribution in [2.75, 3.05) is 0 Å². The van der Waals surface area contributed by atoms with Crippen molar-refractivity contribution in [1.82, 2.24) is 4.98 Å². The van der Waals surface area contributed by atoms with Crippen molar-refractivity contribution in [3.8, 4) is 5.75 Å². The number of hydrogen-bond acceptors (Lipinski definition) is 4. The Bertz CT molecular complexity index is 455. The molecule has 0 bridgehead atoms. The lowest BCUT2D eigenvalue weighted by Gasteiger charge is -2.10. The molecule has 94 valence electrons. The van der Waals surface area contributed by atoms with E-state index in [0.29, 0.717) is 6.20 Å². The van der Waals surface area contributed by atoms with Gasteiger partial charge in [-0.2, -0.15) is 0 Å². The lowest BCUT2D eigenvalue weighted by molar-refractivity contribution is -0.390. The highest BCUT2D eigenvalue weighted by atomic mass is 127. The van der Waals surface area contributed by atoms with Gasteiger partial charge in [0.25, 0.3) is 0 Å². The Morgan fingerprint density at radius 3 is 2.59 bits per heavy atom. The van der Waals surface area contributed by atoms with Crippen LogP contribution in [-0.2, 0) is 5.33 Å². The fourth-order valence-corrected chi connectivity index (χ4v) is 2.71. The van der Waals surface area contributed by atoms with Gasteiger partial charge >= 0.3 is 12.2 Å². The molecule has 0 fully saturated rings. The molecule has 5 nitrogen and oxygen atoms in total. The summed E-state index contributed by atoms with van der Waals surface area (Å²) in [5.74, 6) is -1.06. The molecule has 10 heteroatoms. The molecular weight excluding hydrogens is 424 g/mol. The molecule has 0 aliphatic carbocycles. The molecule has 0 saturated carbocycles. The first-order chi connectivity index (χ1) is 7.76. The summed E-state index contributed by atoms with van der Waals surface area (Å²) >= 11 is 4.50. The summed E-state index contributed by atoms with van der Waals surface area (Å²) in [5.41, 5.74) is 0.0392. The van der Waals surface area contributed by atoms with Crippen LogP contribution in [0.25, 0.3) is 0 Å². The zero-order valence-corrected chi connectivity index (χ0v) is 11.5. The lowest BCUT2D eigenvalue weighted by Crippen LogP contribution is -2.18. The van der Waals surface area contributed by atoms with Crippen LogP contribution < -0.4 is 4.74 Å². The monoisotopic (exact) mass is 426 g/mol. The number of ether oxygens (including phenoxy) is 1. The van der Waals surface area contributed by atoms with E-state index in [1.165, 1.54) is 0 Å². The third-order valence-corrected chi connectivity index (χ3v) is 3.33. The summed E-state index contributed by atoms with van der Waals surface area (Å²) in [5, 5.41) is 10.6. The van der Waals surface area contributed by atoms with Gasteiger partial charge in [-0.05, 0) is 32.5 Å². The van der Waals surface area contributed by atoms with Gasteiger partial charge in [-0.1, -0.05) is 15.9 Å². The van der Waals surface area contributed by atoms with Crippen LogP contribution in [0.3, 0.4) is 0 Å². The lowest BCUT2D eigenvalue weighted by atomic mass is 10.3. The average molecular weight is 427 g/mol. The molecule has 17 heavy (non-hydrogen) atoms. The summed E-state index contributed by atoms with van der Waals surface area (Å²) in [6.07, 6.45) is -4.18. The van der Waals surface area contributed by atoms with E-state index >= 15 is 0 Å². The second kappa shape index (κ2) is 5.33. The SMILES string of the molecule is O=[N+]([O-])c1ncc(OC(F)(F)F)c(I)c1CBr. The Labute approximate surface area is 115 Å². The molecule has 0 aliphatic rings. The quantitative estimate of drug-likeness (QED) is 0.321. The van der Waals surface area contributed by atoms with Gasteiger partial charge in [-0.3, -0.25) is 0 Å². The summed E-state index contributed by atoms with van der Waals surface area (Å²) in [7, 11) is 0. The topological polar surface area (TPSA) is 65.3 Å². The van der Waals surface area contributed by atoms with Gasteiger partial charge in [0.2, 0.25) is 0 Å². The summed E-state index contributed by atoms with van der Waals surface area (Å²) < 4.78 is 39.7. The van der Waals surface area contributed by atoms with Crippen molar-refractivity contribution >= 4 is 44.3 Å². The molecule has 1 heterocycles. The summed E-state index contributed by atoms with van der Waals surface area (Å²) in [6.45, 7) is 0. The van der Waals surface area contributed by atoms with Crippen LogP contribution in [0, 0.1) is 13.7 Å². The number of hydrogen-bond donors (Lipinski definition) is 0. The molecular formula is C7H3BrF3IN2O3. The summed E-state index contributed by atoms with van der Waals surface area (Å²) in [4.78, 5) is 13.2. The Morgan fingerprint density at radius 1 is 1.59 bits per heavy atom. The van der Waals surface area contributed by atoms with Crippen LogP contribution in [-0.4, -0.2) is 16.3 Å². The third kappa shape index (κ3) is 3.66. The third-order valence-electron chi connectivity index (χ3n) is 1.59. The molecule has 0 amide bonds. The maximum Gasteiger partial charge on any atom is 0.573 e. The maximum atomic E-state index is 12.0. The first-order valence-electron chi connectivity index (χ1n) is 3.89. The van der Waals surface area contributed by atoms with Crippen molar-refractivity contribution in [2.24, 2.45) is 0 Å². The number of halogens is 5. The maximum absolute atomic E-state index is 12.0. The van der Waals surface area contributed by atoms with E-state index in [9.17, 15) is 23.3 Å². The number of pyridine rings is 1. The standard InChI is InChI=1S/C7H3BrF3IN2O3/c8-1-3-5(12)4(17-7(9,10)11)2-13-6(3)14(15)16/h2H,1H2. The van der Waals surface area contributed by atoms with Crippen LogP contribution in [0.1, 0.15) is 5.56 Å². The first-order valence-corrected chi connectivity index (χ1v) is 6.09. The van der Waals surface area contributed by atoms with Crippen LogP contribution in [0.2, 0.25) is 0 Å². The second-order valence-electron chi connectivity index (χ2n) is 2.68. The van der Waals surface area contributed by atoms with Gasteiger partial charge in [0, 0.05) is 5.33 Å². The molecule has 0 aromatic carbocycles. The van der Waals surface area contributed by atoms with E-state index in [2.05, 4.69) is 25.7 Å². The number of aromatic nitrogens is 1. The van der Waals surface area contributed by atoms with Crippen LogP contribution in [0.15, 0.2) is 6.20 Å². The Kier molecular flexibility index (Phi) is 4.52. The highest BCUT2D eigenvalue weighted by Crippen LogP contribution is 2.33. The van der Waals surface area contributed by atoms with Gasteiger partial charge < -0.3 is 14.9 Å². The fraction of sp³-hybridized carbons (Fsp3) is 0.286. The largest absolute Gasteiger partial charge is 0.573 e. The summed E-state index contributed by atoms with van der Waals surface area (Å²) in [6, 6.07) is 0. The van der Waals surface area contributed by atoms with Crippen molar-refractivity contribution in [2.45, 2.75) is 11.7 Å². The highest BCUT2D eigenvalue weighted by Gasteiger charge is 2.34. The van der Waals surface area contributed by atoms with Gasteiger partial charge in [-0.15, -0.1) is 13.2 Å². The highest BCUT2D eigenvalue weighted by molar-refractivity contribution is 14.1. The van der Waals surface area contributed by atoms with E-state index in [4.69, 9.17) is 0 Å². The molecule has 1 rings (SSSR count). The molecule has 0 N–H and O–H groups in total. The van der Waals surface area contributed by atoms with Crippen molar-refractivity contribution in [3.63, 3.8) is 0 Å². The van der Waals surface area contributed by atoms with E-state index in [-0.39, 0.29) is 14.5 Å². The van der Waals surface area contributed by atoms with E-state index in [1.807, 2.05) is 0 Å². The molecule has 1 aromatic rings. The fourth-order valence-electron chi connectivity index (χ4n) is 0.973. The molecule has 0 radical (unpaired) electrons. The number of nitrogens with zero attached hydrogens (tertiary/aromatic N) is 2. The van der Waals surface area contributed by atoms with Crippen molar-refractivity contribution in [1.29, 1.82) is 0 Å². The number of alkyl halides is 4. The number of rotatable bonds is 3. The molecule has 0 aliphatic heterocycles. The van der Waals surface area contributed by atoms with Crippen molar-refractivity contribution in [3.05, 3.63) is 25.4 Å². The minimum atomic E-state index is -4.86. The zero-order chi connectivity index (χ0) is 13.2. The molecule has 0 atom stereocenters. The van der Waals surface area contributed by atoms with Gasteiger partial charge in [0.15, 0.2) is 11.9 Å². The predicted molar refractivity (Wildman–Crippen MR) is 62.9 cm³/mol. The minimum Gasteiger partial charge on any atom is -0.401 e. The van der Waals surface area contributed by atoms with E-state index in [0.717, 1.165) is 0 Å². The normalized spacial score (nSPS) is 11.4. The average Bonchev–Trinajstić information content (AvgIpc) is 2.18. The van der Waals surface area contributed by atoms with Crippen molar-refractivity contribution < 1.29 is 22.8 Å². The van der Waals surface area contributed by atoms with Gasteiger partial charge in [-0.25, -0.2) is 0 Å². The Hall–Kier alpha value is -0.650. The predicted octanol–water partition coefficient (Wildman–Crippen LogP) is 3.39. The van der Waals surface area contributed by atoms with E-state index < -0.39 is 22.9 Å². The molecule has 0 saturated heterocycles. The van der Waals surface area contributed by atoms with Gasteiger partial charge in [0.1, 0.15) is 0 Å². The van der Waals surface area contributed by atoms with Crippen LogP contribution in [0.5, 0.6) is 5.75 Å². The molecule has 0 unspecified atom stereocenters.